The zero-order valence-electron chi connectivity index (χ0n) is 27.9. The Morgan fingerprint density at radius 3 is 1.26 bits per heavy atom. The third-order valence-electron chi connectivity index (χ3n) is 9.99. The van der Waals surface area contributed by atoms with Crippen LogP contribution in [0.4, 0.5) is 0 Å². The smallest absolute Gasteiger partial charge is 0.0566 e. The summed E-state index contributed by atoms with van der Waals surface area (Å²) in [4.78, 5) is 0. The van der Waals surface area contributed by atoms with Crippen LogP contribution in [0.2, 0.25) is 0 Å². The molecule has 0 amide bonds. The highest BCUT2D eigenvalue weighted by Gasteiger charge is 2.51. The predicted molar refractivity (Wildman–Crippen MR) is 196 cm³/mol. The number of hydrogen-bond acceptors (Lipinski definition) is 0. The SMILES string of the molecule is Cc1ccc(C2=C(c3ccc(C)cc3)[C@H](c3ccc(C)cc3)C(c3ccc(C)cc3)(c3ccc(C)cc3)c3cc(C)ccc32)cc1. The minimum absolute atomic E-state index is 0.00757. The Hall–Kier alpha value is -4.94. The van der Waals surface area contributed by atoms with Crippen molar-refractivity contribution >= 4 is 11.1 Å². The maximum atomic E-state index is 2.47. The van der Waals surface area contributed by atoms with Gasteiger partial charge in [0.15, 0.2) is 0 Å². The third kappa shape index (κ3) is 5.03. The molecule has 0 spiro atoms. The van der Waals surface area contributed by atoms with Crippen LogP contribution in [0.5, 0.6) is 0 Å². The van der Waals surface area contributed by atoms with Gasteiger partial charge >= 0.3 is 0 Å². The highest BCUT2D eigenvalue weighted by Crippen LogP contribution is 2.62. The van der Waals surface area contributed by atoms with Gasteiger partial charge in [-0.05, 0) is 91.6 Å². The standard InChI is InChI=1S/C46H42/c1-30-7-18-36(19-8-30)43-41-28-17-35(6)29-42(41)46(39-24-13-33(4)14-25-39,40-26-15-34(5)16-27-40)45(38-22-11-32(3)12-23-38)44(43)37-20-9-31(2)10-21-37/h7-29,45H,1-6H3/t45-/m0/s1. The van der Waals surface area contributed by atoms with Gasteiger partial charge in [-0.1, -0.05) is 173 Å². The molecule has 0 bridgehead atoms. The second-order valence-electron chi connectivity index (χ2n) is 13.5. The number of rotatable bonds is 5. The molecule has 226 valence electrons. The van der Waals surface area contributed by atoms with Crippen LogP contribution in [0.1, 0.15) is 78.2 Å². The molecule has 1 atom stereocenters. The second kappa shape index (κ2) is 11.8. The van der Waals surface area contributed by atoms with Crippen LogP contribution in [0.25, 0.3) is 11.1 Å². The molecule has 0 N–H and O–H groups in total. The Labute approximate surface area is 275 Å². The molecule has 6 aromatic rings. The summed E-state index contributed by atoms with van der Waals surface area (Å²) in [5.41, 5.74) is 18.9. The molecule has 0 aromatic heterocycles. The van der Waals surface area contributed by atoms with Crippen molar-refractivity contribution < 1.29 is 0 Å². The van der Waals surface area contributed by atoms with E-state index in [0.717, 1.165) is 0 Å². The molecule has 0 unspecified atom stereocenters. The van der Waals surface area contributed by atoms with Crippen LogP contribution in [0, 0.1) is 41.5 Å². The molecule has 0 heterocycles. The van der Waals surface area contributed by atoms with Gasteiger partial charge in [0.25, 0.3) is 0 Å². The van der Waals surface area contributed by atoms with Crippen LogP contribution in [-0.2, 0) is 5.41 Å². The Bertz CT molecular complexity index is 1990. The quantitative estimate of drug-likeness (QED) is 0.186. The first-order chi connectivity index (χ1) is 22.3. The average Bonchev–Trinajstić information content (AvgIpc) is 3.06. The Morgan fingerprint density at radius 2 is 0.783 bits per heavy atom. The Kier molecular flexibility index (Phi) is 7.61. The van der Waals surface area contributed by atoms with E-state index in [0.29, 0.717) is 0 Å². The molecule has 0 fully saturated rings. The number of fused-ring (bicyclic) bond motifs is 1. The minimum atomic E-state index is -0.494. The second-order valence-corrected chi connectivity index (χ2v) is 13.5. The molecule has 0 heteroatoms. The van der Waals surface area contributed by atoms with Gasteiger partial charge in [0.2, 0.25) is 0 Å². The van der Waals surface area contributed by atoms with Crippen molar-refractivity contribution in [2.24, 2.45) is 0 Å². The van der Waals surface area contributed by atoms with E-state index in [2.05, 4.69) is 181 Å². The fraction of sp³-hybridized carbons (Fsp3) is 0.174. The van der Waals surface area contributed by atoms with Crippen molar-refractivity contribution in [2.75, 3.05) is 0 Å². The van der Waals surface area contributed by atoms with E-state index < -0.39 is 5.41 Å². The molecular formula is C46H42. The summed E-state index contributed by atoms with van der Waals surface area (Å²) in [5, 5.41) is 0. The summed E-state index contributed by atoms with van der Waals surface area (Å²) < 4.78 is 0. The van der Waals surface area contributed by atoms with Crippen LogP contribution < -0.4 is 0 Å². The number of hydrogen-bond donors (Lipinski definition) is 0. The monoisotopic (exact) mass is 594 g/mol. The fourth-order valence-electron chi connectivity index (χ4n) is 7.56. The van der Waals surface area contributed by atoms with E-state index >= 15 is 0 Å². The topological polar surface area (TPSA) is 0 Å². The molecule has 0 saturated heterocycles. The molecule has 0 saturated carbocycles. The van der Waals surface area contributed by atoms with Crippen molar-refractivity contribution in [3.05, 3.63) is 212 Å². The summed E-state index contributed by atoms with van der Waals surface area (Å²) in [7, 11) is 0. The van der Waals surface area contributed by atoms with Crippen LogP contribution in [0.15, 0.2) is 140 Å². The van der Waals surface area contributed by atoms with Gasteiger partial charge in [0, 0.05) is 5.92 Å². The van der Waals surface area contributed by atoms with Gasteiger partial charge in [-0.3, -0.25) is 0 Å². The van der Waals surface area contributed by atoms with Gasteiger partial charge in [-0.25, -0.2) is 0 Å². The van der Waals surface area contributed by atoms with Crippen molar-refractivity contribution in [3.8, 4) is 0 Å². The lowest BCUT2D eigenvalue weighted by atomic mass is 9.52. The maximum Gasteiger partial charge on any atom is 0.0566 e. The molecule has 1 aliphatic rings. The van der Waals surface area contributed by atoms with Gasteiger partial charge < -0.3 is 0 Å². The summed E-state index contributed by atoms with van der Waals surface area (Å²) in [6.07, 6.45) is 0. The van der Waals surface area contributed by atoms with E-state index in [1.165, 1.54) is 83.5 Å². The lowest BCUT2D eigenvalue weighted by Gasteiger charge is -2.49. The van der Waals surface area contributed by atoms with Crippen LogP contribution in [-0.4, -0.2) is 0 Å². The summed E-state index contributed by atoms with van der Waals surface area (Å²) in [6.45, 7) is 13.1. The number of aryl methyl sites for hydroxylation is 6. The molecule has 0 radical (unpaired) electrons. The molecule has 7 rings (SSSR count). The molecular weight excluding hydrogens is 553 g/mol. The third-order valence-corrected chi connectivity index (χ3v) is 9.99. The first-order valence-electron chi connectivity index (χ1n) is 16.5. The minimum Gasteiger partial charge on any atom is -0.0590 e. The van der Waals surface area contributed by atoms with E-state index in [1.807, 2.05) is 0 Å². The highest BCUT2D eigenvalue weighted by atomic mass is 14.5. The zero-order valence-corrected chi connectivity index (χ0v) is 27.9. The summed E-state index contributed by atoms with van der Waals surface area (Å²) in [6, 6.07) is 53.5. The normalized spacial score (nSPS) is 15.5. The Morgan fingerprint density at radius 1 is 0.391 bits per heavy atom. The summed E-state index contributed by atoms with van der Waals surface area (Å²) >= 11 is 0. The lowest BCUT2D eigenvalue weighted by molar-refractivity contribution is 0.553. The molecule has 46 heavy (non-hydrogen) atoms. The molecule has 0 nitrogen and oxygen atoms in total. The van der Waals surface area contributed by atoms with Gasteiger partial charge in [0.05, 0.1) is 5.41 Å². The van der Waals surface area contributed by atoms with Crippen LogP contribution in [0.3, 0.4) is 0 Å². The first kappa shape index (κ1) is 29.8. The average molecular weight is 595 g/mol. The van der Waals surface area contributed by atoms with Gasteiger partial charge in [-0.2, -0.15) is 0 Å². The van der Waals surface area contributed by atoms with E-state index in [1.54, 1.807) is 0 Å². The highest BCUT2D eigenvalue weighted by molar-refractivity contribution is 6.05. The van der Waals surface area contributed by atoms with Crippen LogP contribution >= 0.6 is 0 Å². The molecule has 0 aliphatic heterocycles. The van der Waals surface area contributed by atoms with Crippen molar-refractivity contribution in [1.29, 1.82) is 0 Å². The molecule has 6 aromatic carbocycles. The first-order valence-corrected chi connectivity index (χ1v) is 16.5. The van der Waals surface area contributed by atoms with Gasteiger partial charge in [0.1, 0.15) is 0 Å². The maximum absolute atomic E-state index is 2.47. The molecule has 1 aliphatic carbocycles. The van der Waals surface area contributed by atoms with Crippen molar-refractivity contribution in [1.82, 2.24) is 0 Å². The van der Waals surface area contributed by atoms with Gasteiger partial charge in [-0.15, -0.1) is 0 Å². The van der Waals surface area contributed by atoms with Crippen molar-refractivity contribution in [3.63, 3.8) is 0 Å². The van der Waals surface area contributed by atoms with E-state index in [-0.39, 0.29) is 5.92 Å². The predicted octanol–water partition coefficient (Wildman–Crippen LogP) is 11.6. The van der Waals surface area contributed by atoms with E-state index in [9.17, 15) is 0 Å². The zero-order chi connectivity index (χ0) is 32.0. The Balaban J connectivity index is 1.74. The number of benzene rings is 6. The largest absolute Gasteiger partial charge is 0.0590 e. The fourth-order valence-corrected chi connectivity index (χ4v) is 7.56. The van der Waals surface area contributed by atoms with E-state index in [4.69, 9.17) is 0 Å². The summed E-state index contributed by atoms with van der Waals surface area (Å²) in [5.74, 6) is -0.00757. The lowest BCUT2D eigenvalue weighted by Crippen LogP contribution is -2.41. The van der Waals surface area contributed by atoms with Crippen molar-refractivity contribution in [2.45, 2.75) is 52.9 Å². The number of allylic oxidation sites excluding steroid dienone is 1.